The van der Waals surface area contributed by atoms with Crippen molar-refractivity contribution in [2.24, 2.45) is 17.8 Å². The van der Waals surface area contributed by atoms with E-state index in [-0.39, 0.29) is 5.69 Å². The molecular formula is C23H22N6O3. The first-order valence-electron chi connectivity index (χ1n) is 10.1. The Labute approximate surface area is 183 Å². The van der Waals surface area contributed by atoms with Crippen LogP contribution in [0.5, 0.6) is 11.5 Å². The summed E-state index contributed by atoms with van der Waals surface area (Å²) in [4.78, 5) is 26.4. The molecule has 0 radical (unpaired) electrons. The fourth-order valence-electron chi connectivity index (χ4n) is 4.29. The van der Waals surface area contributed by atoms with Gasteiger partial charge in [-0.3, -0.25) is 24.1 Å². The highest BCUT2D eigenvalue weighted by Crippen LogP contribution is 2.46. The van der Waals surface area contributed by atoms with Crippen molar-refractivity contribution in [2.45, 2.75) is 12.6 Å². The molecule has 1 unspecified atom stereocenters. The van der Waals surface area contributed by atoms with Crippen molar-refractivity contribution in [1.29, 1.82) is 0 Å². The Balaban J connectivity index is 1.96. The molecule has 0 bridgehead atoms. The van der Waals surface area contributed by atoms with Gasteiger partial charge in [0, 0.05) is 44.3 Å². The van der Waals surface area contributed by atoms with E-state index in [1.807, 2.05) is 24.3 Å². The lowest BCUT2D eigenvalue weighted by molar-refractivity contribution is 0.183. The molecule has 1 aliphatic heterocycles. The number of hydrogen-bond acceptors (Lipinski definition) is 7. The number of hydrogen-bond donors (Lipinski definition) is 1. The van der Waals surface area contributed by atoms with Gasteiger partial charge < -0.3 is 15.2 Å². The second-order valence-electron chi connectivity index (χ2n) is 7.49. The van der Waals surface area contributed by atoms with Crippen molar-refractivity contribution in [3.8, 4) is 11.5 Å². The van der Waals surface area contributed by atoms with E-state index in [1.54, 1.807) is 48.9 Å². The molecular weight excluding hydrogens is 408 g/mol. The number of imidazole rings is 1. The quantitative estimate of drug-likeness (QED) is 0.498. The first-order chi connectivity index (χ1) is 15.6. The van der Waals surface area contributed by atoms with E-state index in [1.165, 1.54) is 6.20 Å². The molecule has 1 atom stereocenters. The molecule has 4 aromatic rings. The number of ether oxygens (including phenoxy) is 2. The second kappa shape index (κ2) is 7.52. The number of methoxy groups -OCH3 is 1. The molecule has 162 valence electrons. The van der Waals surface area contributed by atoms with Gasteiger partial charge in [-0.25, -0.2) is 4.79 Å². The van der Waals surface area contributed by atoms with Crippen molar-refractivity contribution < 1.29 is 9.47 Å². The summed E-state index contributed by atoms with van der Waals surface area (Å²) in [5, 5.41) is 0.721. The third-order valence-electron chi connectivity index (χ3n) is 5.76. The summed E-state index contributed by atoms with van der Waals surface area (Å²) in [6.45, 7) is 0.298. The molecule has 32 heavy (non-hydrogen) atoms. The zero-order chi connectivity index (χ0) is 22.4. The summed E-state index contributed by atoms with van der Waals surface area (Å²) in [6.07, 6.45) is 6.00. The van der Waals surface area contributed by atoms with Crippen LogP contribution < -0.4 is 20.9 Å². The van der Waals surface area contributed by atoms with Gasteiger partial charge in [0.15, 0.2) is 6.10 Å². The number of rotatable bonds is 4. The van der Waals surface area contributed by atoms with Crippen LogP contribution in [0.1, 0.15) is 17.4 Å². The fraction of sp³-hybridized carbons (Fsp3) is 0.217. The van der Waals surface area contributed by atoms with Crippen molar-refractivity contribution in [2.75, 3.05) is 14.2 Å². The molecule has 3 aromatic heterocycles. The molecule has 1 aliphatic rings. The lowest BCUT2D eigenvalue weighted by Gasteiger charge is -2.21. The normalized spacial score (nSPS) is 16.1. The molecule has 0 saturated carbocycles. The van der Waals surface area contributed by atoms with E-state index in [0.717, 1.165) is 10.9 Å². The van der Waals surface area contributed by atoms with Gasteiger partial charge in [-0.15, -0.1) is 0 Å². The maximum absolute atomic E-state index is 13.2. The Hall–Kier alpha value is -4.14. The first-order valence-corrected chi connectivity index (χ1v) is 10.1. The van der Waals surface area contributed by atoms with Gasteiger partial charge in [0.2, 0.25) is 0 Å². The zero-order valence-electron chi connectivity index (χ0n) is 17.9. The van der Waals surface area contributed by atoms with E-state index < -0.39 is 6.10 Å². The monoisotopic (exact) mass is 430 g/mol. The molecule has 0 spiro atoms. The zero-order valence-corrected chi connectivity index (χ0v) is 17.9. The number of allylic oxidation sites excluding steroid dienone is 1. The largest absolute Gasteiger partial charge is 0.496 e. The Morgan fingerprint density at radius 2 is 2.22 bits per heavy atom. The van der Waals surface area contributed by atoms with Crippen LogP contribution in [0.2, 0.25) is 0 Å². The minimum atomic E-state index is -0.515. The smallest absolute Gasteiger partial charge is 0.329 e. The highest BCUT2D eigenvalue weighted by molar-refractivity contribution is 6.17. The number of aryl methyl sites for hydroxylation is 1. The van der Waals surface area contributed by atoms with Crippen LogP contribution >= 0.6 is 0 Å². The maximum Gasteiger partial charge on any atom is 0.329 e. The molecule has 1 aromatic carbocycles. The van der Waals surface area contributed by atoms with Gasteiger partial charge in [0.25, 0.3) is 0 Å². The average molecular weight is 430 g/mol. The van der Waals surface area contributed by atoms with Gasteiger partial charge in [-0.05, 0) is 12.1 Å². The molecule has 9 heteroatoms. The van der Waals surface area contributed by atoms with Gasteiger partial charge in [0.1, 0.15) is 11.5 Å². The number of benzene rings is 1. The number of aromatic nitrogens is 4. The summed E-state index contributed by atoms with van der Waals surface area (Å²) in [5.74, 6) is 1.07. The summed E-state index contributed by atoms with van der Waals surface area (Å²) in [5.41, 5.74) is 9.93. The van der Waals surface area contributed by atoms with Crippen LogP contribution in [0, 0.1) is 0 Å². The van der Waals surface area contributed by atoms with Crippen LogP contribution in [0.25, 0.3) is 27.5 Å². The lowest BCUT2D eigenvalue weighted by Crippen LogP contribution is -2.26. The minimum absolute atomic E-state index is 0.145. The second-order valence-corrected chi connectivity index (χ2v) is 7.49. The maximum atomic E-state index is 13.2. The lowest BCUT2D eigenvalue weighted by atomic mass is 10.0. The van der Waals surface area contributed by atoms with Gasteiger partial charge in [0.05, 0.1) is 53.0 Å². The molecule has 0 saturated heterocycles. The Morgan fingerprint density at radius 3 is 2.91 bits per heavy atom. The third kappa shape index (κ3) is 2.78. The van der Waals surface area contributed by atoms with E-state index >= 15 is 0 Å². The summed E-state index contributed by atoms with van der Waals surface area (Å²) >= 11 is 0. The summed E-state index contributed by atoms with van der Waals surface area (Å²) < 4.78 is 15.6. The Kier molecular flexibility index (Phi) is 4.66. The topological polar surface area (TPSA) is 110 Å². The van der Waals surface area contributed by atoms with Gasteiger partial charge in [-0.1, -0.05) is 6.07 Å². The van der Waals surface area contributed by atoms with E-state index in [9.17, 15) is 4.79 Å². The van der Waals surface area contributed by atoms with Crippen LogP contribution in [-0.4, -0.2) is 39.5 Å². The predicted octanol–water partition coefficient (Wildman–Crippen LogP) is 2.43. The van der Waals surface area contributed by atoms with Crippen molar-refractivity contribution in [1.82, 2.24) is 19.1 Å². The molecule has 0 aliphatic carbocycles. The number of nitrogens with two attached hydrogens (primary N) is 1. The highest BCUT2D eigenvalue weighted by atomic mass is 16.5. The highest BCUT2D eigenvalue weighted by Gasteiger charge is 2.31. The summed E-state index contributed by atoms with van der Waals surface area (Å²) in [7, 11) is 4.99. The van der Waals surface area contributed by atoms with Crippen molar-refractivity contribution >= 4 is 33.7 Å². The molecule has 9 nitrogen and oxygen atoms in total. The fourth-order valence-corrected chi connectivity index (χ4v) is 4.29. The van der Waals surface area contributed by atoms with Crippen LogP contribution in [0.3, 0.4) is 0 Å². The van der Waals surface area contributed by atoms with Gasteiger partial charge in [-0.2, -0.15) is 0 Å². The number of aliphatic imine (C=N–C) groups is 1. The Morgan fingerprint density at radius 1 is 1.38 bits per heavy atom. The number of pyridine rings is 2. The molecule has 0 amide bonds. The SMILES string of the molecule is CN=CC(=CN)c1c(OC)cc2ncc3c4c2c1OC(c1ccccn1)Cn4c(=O)n3C. The van der Waals surface area contributed by atoms with Crippen LogP contribution in [-0.2, 0) is 13.6 Å². The van der Waals surface area contributed by atoms with Crippen LogP contribution in [0.4, 0.5) is 0 Å². The Bertz CT molecular complexity index is 1470. The third-order valence-corrected chi connectivity index (χ3v) is 5.76. The van der Waals surface area contributed by atoms with Crippen LogP contribution in [0.15, 0.2) is 52.6 Å². The van der Waals surface area contributed by atoms with E-state index in [0.29, 0.717) is 45.9 Å². The molecule has 2 N–H and O–H groups in total. The standard InChI is InChI=1S/C23H22N6O3/c1-25-10-13(9-24)19-17(31-3)8-15-20-21-16(11-27-15)28(2)23(30)29(21)12-18(32-22(19)20)14-6-4-5-7-26-14/h4-11,18H,12,24H2,1-3H3. The van der Waals surface area contributed by atoms with E-state index in [2.05, 4.69) is 15.0 Å². The first kappa shape index (κ1) is 19.8. The molecule has 4 heterocycles. The summed E-state index contributed by atoms with van der Waals surface area (Å²) in [6, 6.07) is 7.45. The van der Waals surface area contributed by atoms with Gasteiger partial charge >= 0.3 is 5.69 Å². The van der Waals surface area contributed by atoms with E-state index in [4.69, 9.17) is 15.2 Å². The van der Waals surface area contributed by atoms with Crippen molar-refractivity contribution in [3.63, 3.8) is 0 Å². The minimum Gasteiger partial charge on any atom is -0.496 e. The molecule has 0 fully saturated rings. The average Bonchev–Trinajstić information content (AvgIpc) is 2.96. The molecule has 5 rings (SSSR count). The van der Waals surface area contributed by atoms with Crippen molar-refractivity contribution in [3.05, 3.63) is 64.6 Å². The number of nitrogens with zero attached hydrogens (tertiary/aromatic N) is 5. The predicted molar refractivity (Wildman–Crippen MR) is 123 cm³/mol.